The molecule has 4 rings (SSSR count). The minimum absolute atomic E-state index is 0.220. The Morgan fingerprint density at radius 1 is 0.725 bits per heavy atom. The van der Waals surface area contributed by atoms with Gasteiger partial charge in [0.25, 0.3) is 0 Å². The quantitative estimate of drug-likeness (QED) is 0.211. The SMILES string of the molecule is COc1ccc(N(C)C(=O)[C@H](Cc2ccccc2)NC(=O)OCCOC(=O)N[C@@H](Cc2ccccc2)C(=O)N(C)C2=CCC(C)(OC)C=C2)cc1. The summed E-state index contributed by atoms with van der Waals surface area (Å²) in [5.41, 5.74) is 2.53. The monoisotopic (exact) mass is 698 g/mol. The van der Waals surface area contributed by atoms with Crippen molar-refractivity contribution in [3.05, 3.63) is 120 Å². The second-order valence-electron chi connectivity index (χ2n) is 12.2. The molecule has 0 radical (unpaired) electrons. The van der Waals surface area contributed by atoms with Crippen molar-refractivity contribution in [2.24, 2.45) is 0 Å². The normalized spacial score (nSPS) is 16.1. The molecule has 3 aromatic carbocycles. The van der Waals surface area contributed by atoms with E-state index in [1.807, 2.05) is 85.8 Å². The summed E-state index contributed by atoms with van der Waals surface area (Å²) in [5, 5.41) is 5.32. The Morgan fingerprint density at radius 2 is 1.22 bits per heavy atom. The predicted molar refractivity (Wildman–Crippen MR) is 193 cm³/mol. The Labute approximate surface area is 299 Å². The van der Waals surface area contributed by atoms with Gasteiger partial charge in [-0.15, -0.1) is 0 Å². The number of ether oxygens (including phenoxy) is 4. The standard InChI is InChI=1S/C39H46N4O8/c1-39(49-5)22-20-31(21-23-39)43(3)36(45)34(27-29-14-10-7-11-15-29)41-38(47)51-25-24-50-37(46)40-33(26-28-12-8-6-9-13-28)35(44)42(2)30-16-18-32(48-4)19-17-30/h6-22,33-34H,23-27H2,1-5H3,(H,40,46)(H,41,47)/t33-,34-,39?/m0/s1. The van der Waals surface area contributed by atoms with Crippen LogP contribution < -0.4 is 20.3 Å². The Hall–Kier alpha value is -5.62. The number of carbonyl (C=O) groups is 4. The van der Waals surface area contributed by atoms with E-state index >= 15 is 0 Å². The van der Waals surface area contributed by atoms with Gasteiger partial charge in [0.15, 0.2) is 0 Å². The summed E-state index contributed by atoms with van der Waals surface area (Å²) in [6.07, 6.45) is 4.96. The van der Waals surface area contributed by atoms with Crippen molar-refractivity contribution in [2.75, 3.05) is 46.4 Å². The fourth-order valence-electron chi connectivity index (χ4n) is 5.37. The molecule has 12 nitrogen and oxygen atoms in total. The maximum atomic E-state index is 13.6. The molecule has 1 unspecified atom stereocenters. The van der Waals surface area contributed by atoms with Gasteiger partial charge in [-0.1, -0.05) is 72.8 Å². The van der Waals surface area contributed by atoms with Crippen LogP contribution in [0.1, 0.15) is 24.5 Å². The number of benzene rings is 3. The highest BCUT2D eigenvalue weighted by atomic mass is 16.6. The number of rotatable bonds is 15. The molecule has 51 heavy (non-hydrogen) atoms. The van der Waals surface area contributed by atoms with Crippen molar-refractivity contribution >= 4 is 29.7 Å². The number of anilines is 1. The van der Waals surface area contributed by atoms with Crippen LogP contribution in [0, 0.1) is 0 Å². The molecule has 4 amide bonds. The summed E-state index contributed by atoms with van der Waals surface area (Å²) < 4.78 is 21.3. The number of hydrogen-bond donors (Lipinski definition) is 2. The first-order chi connectivity index (χ1) is 24.5. The van der Waals surface area contributed by atoms with Gasteiger partial charge in [-0.25, -0.2) is 9.59 Å². The van der Waals surface area contributed by atoms with Crippen LogP contribution in [0.25, 0.3) is 0 Å². The molecule has 1 aliphatic carbocycles. The molecular formula is C39H46N4O8. The zero-order valence-electron chi connectivity index (χ0n) is 29.7. The maximum Gasteiger partial charge on any atom is 0.407 e. The van der Waals surface area contributed by atoms with Crippen LogP contribution in [0.15, 0.2) is 109 Å². The first-order valence-corrected chi connectivity index (χ1v) is 16.6. The van der Waals surface area contributed by atoms with Crippen LogP contribution in [-0.4, -0.2) is 88.1 Å². The molecule has 12 heteroatoms. The first kappa shape index (κ1) is 38.2. The van der Waals surface area contributed by atoms with Crippen LogP contribution in [-0.2, 0) is 36.6 Å². The second-order valence-corrected chi connectivity index (χ2v) is 12.2. The molecule has 0 spiro atoms. The van der Waals surface area contributed by atoms with Gasteiger partial charge >= 0.3 is 12.2 Å². The van der Waals surface area contributed by atoms with Gasteiger partial charge in [0.1, 0.15) is 31.0 Å². The van der Waals surface area contributed by atoms with Crippen LogP contribution >= 0.6 is 0 Å². The van der Waals surface area contributed by atoms with E-state index in [2.05, 4.69) is 10.6 Å². The minimum atomic E-state index is -0.949. The van der Waals surface area contributed by atoms with Crippen molar-refractivity contribution in [1.82, 2.24) is 15.5 Å². The summed E-state index contributed by atoms with van der Waals surface area (Å²) in [7, 11) is 6.46. The smallest absolute Gasteiger partial charge is 0.407 e. The number of methoxy groups -OCH3 is 2. The molecule has 270 valence electrons. The summed E-state index contributed by atoms with van der Waals surface area (Å²) >= 11 is 0. The number of nitrogens with zero attached hydrogens (tertiary/aromatic N) is 2. The molecule has 1 aliphatic rings. The lowest BCUT2D eigenvalue weighted by atomic mass is 9.95. The van der Waals surface area contributed by atoms with E-state index in [4.69, 9.17) is 18.9 Å². The number of likely N-dealkylation sites (N-methyl/N-ethyl adjacent to an activating group) is 2. The zero-order valence-corrected chi connectivity index (χ0v) is 29.7. The topological polar surface area (TPSA) is 136 Å². The number of hydrogen-bond acceptors (Lipinski definition) is 8. The Bertz CT molecular complexity index is 1680. The molecule has 3 atom stereocenters. The molecule has 0 fully saturated rings. The highest BCUT2D eigenvalue weighted by Crippen LogP contribution is 2.25. The summed E-state index contributed by atoms with van der Waals surface area (Å²) in [4.78, 5) is 55.8. The first-order valence-electron chi connectivity index (χ1n) is 16.6. The van der Waals surface area contributed by atoms with E-state index in [1.165, 1.54) is 9.80 Å². The van der Waals surface area contributed by atoms with Crippen LogP contribution in [0.5, 0.6) is 5.75 Å². The summed E-state index contributed by atoms with van der Waals surface area (Å²) in [6, 6.07) is 23.7. The van der Waals surface area contributed by atoms with Crippen molar-refractivity contribution in [3.8, 4) is 5.75 Å². The van der Waals surface area contributed by atoms with Gasteiger partial charge in [-0.05, 0) is 48.4 Å². The predicted octanol–water partition coefficient (Wildman–Crippen LogP) is 5.04. The van der Waals surface area contributed by atoms with Gasteiger partial charge < -0.3 is 39.4 Å². The molecule has 0 aromatic heterocycles. The number of alkyl carbamates (subject to hydrolysis) is 2. The Kier molecular flexibility index (Phi) is 13.8. The van der Waals surface area contributed by atoms with Crippen molar-refractivity contribution in [3.63, 3.8) is 0 Å². The third kappa shape index (κ3) is 11.2. The number of nitrogens with one attached hydrogen (secondary N) is 2. The van der Waals surface area contributed by atoms with Crippen LogP contribution in [0.3, 0.4) is 0 Å². The van der Waals surface area contributed by atoms with E-state index in [1.54, 1.807) is 52.6 Å². The Morgan fingerprint density at radius 3 is 1.65 bits per heavy atom. The van der Waals surface area contributed by atoms with Gasteiger partial charge in [0, 0.05) is 51.9 Å². The average molecular weight is 699 g/mol. The maximum absolute atomic E-state index is 13.6. The molecular weight excluding hydrogens is 652 g/mol. The van der Waals surface area contributed by atoms with Crippen LogP contribution in [0.4, 0.5) is 15.3 Å². The molecule has 0 heterocycles. The van der Waals surface area contributed by atoms with Crippen molar-refractivity contribution < 1.29 is 38.1 Å². The van der Waals surface area contributed by atoms with Crippen molar-refractivity contribution in [1.29, 1.82) is 0 Å². The highest BCUT2D eigenvalue weighted by Gasteiger charge is 2.30. The van der Waals surface area contributed by atoms with Gasteiger partial charge in [0.2, 0.25) is 11.8 Å². The van der Waals surface area contributed by atoms with E-state index in [-0.39, 0.29) is 37.9 Å². The number of allylic oxidation sites excluding steroid dienone is 1. The number of carbonyl (C=O) groups excluding carboxylic acids is 4. The summed E-state index contributed by atoms with van der Waals surface area (Å²) in [5.74, 6) is -0.0475. The zero-order chi connectivity index (χ0) is 36.8. The molecule has 3 aromatic rings. The van der Waals surface area contributed by atoms with E-state index < -0.39 is 29.9 Å². The van der Waals surface area contributed by atoms with Crippen LogP contribution in [0.2, 0.25) is 0 Å². The third-order valence-corrected chi connectivity index (χ3v) is 8.59. The van der Waals surface area contributed by atoms with Gasteiger partial charge in [0.05, 0.1) is 12.7 Å². The highest BCUT2D eigenvalue weighted by molar-refractivity contribution is 5.98. The molecule has 0 saturated carbocycles. The Balaban J connectivity index is 1.33. The van der Waals surface area contributed by atoms with E-state index in [0.717, 1.165) is 11.1 Å². The largest absolute Gasteiger partial charge is 0.497 e. The lowest BCUT2D eigenvalue weighted by Gasteiger charge is -2.30. The lowest BCUT2D eigenvalue weighted by molar-refractivity contribution is -0.130. The lowest BCUT2D eigenvalue weighted by Crippen LogP contribution is -2.49. The molecule has 0 bridgehead atoms. The fraction of sp³-hybridized carbons (Fsp3) is 0.333. The van der Waals surface area contributed by atoms with Crippen molar-refractivity contribution in [2.45, 2.75) is 43.9 Å². The van der Waals surface area contributed by atoms with Gasteiger partial charge in [-0.2, -0.15) is 0 Å². The molecule has 0 aliphatic heterocycles. The van der Waals surface area contributed by atoms with E-state index in [0.29, 0.717) is 23.6 Å². The molecule has 2 N–H and O–H groups in total. The summed E-state index contributed by atoms with van der Waals surface area (Å²) in [6.45, 7) is 1.38. The second kappa shape index (κ2) is 18.4. The van der Waals surface area contributed by atoms with E-state index in [9.17, 15) is 19.2 Å². The third-order valence-electron chi connectivity index (χ3n) is 8.59. The number of amides is 4. The average Bonchev–Trinajstić information content (AvgIpc) is 3.16. The minimum Gasteiger partial charge on any atom is -0.497 e. The molecule has 0 saturated heterocycles. The fourth-order valence-corrected chi connectivity index (χ4v) is 5.37. The van der Waals surface area contributed by atoms with Gasteiger partial charge in [-0.3, -0.25) is 9.59 Å².